The first-order chi connectivity index (χ1) is 11.7. The molecule has 0 saturated heterocycles. The van der Waals surface area contributed by atoms with Crippen molar-refractivity contribution >= 4 is 47.7 Å². The van der Waals surface area contributed by atoms with Crippen molar-refractivity contribution in [2.24, 2.45) is 0 Å². The van der Waals surface area contributed by atoms with Crippen molar-refractivity contribution < 1.29 is 19.1 Å². The van der Waals surface area contributed by atoms with E-state index in [0.717, 1.165) is 24.1 Å². The number of hydrogen-bond donors (Lipinski definition) is 1. The maximum Gasteiger partial charge on any atom is 0.214 e. The Balaban J connectivity index is 2.75. The Morgan fingerprint density at radius 2 is 2.00 bits per heavy atom. The number of hydrogen-bond acceptors (Lipinski definition) is 6. The van der Waals surface area contributed by atoms with Crippen LogP contribution in [0.5, 0.6) is 11.5 Å². The molecule has 1 aromatic carbocycles. The summed E-state index contributed by atoms with van der Waals surface area (Å²) in [7, 11) is 3.07. The summed E-state index contributed by atoms with van der Waals surface area (Å²) < 4.78 is 11.2. The van der Waals surface area contributed by atoms with Crippen LogP contribution in [0.25, 0.3) is 0 Å². The van der Waals surface area contributed by atoms with Gasteiger partial charge in [-0.3, -0.25) is 9.59 Å². The number of nitrogens with zero attached hydrogens (tertiary/aromatic N) is 1. The molecule has 132 valence electrons. The van der Waals surface area contributed by atoms with Crippen molar-refractivity contribution in [3.8, 4) is 11.5 Å². The molecule has 1 heterocycles. The largest absolute Gasteiger partial charge is 0.493 e. The minimum atomic E-state index is 0.184. The highest BCUT2D eigenvalue weighted by Gasteiger charge is 2.35. The van der Waals surface area contributed by atoms with Crippen molar-refractivity contribution in [3.05, 3.63) is 11.6 Å². The molecule has 0 fully saturated rings. The molecule has 2 amide bonds. The maximum atomic E-state index is 11.5. The summed E-state index contributed by atoms with van der Waals surface area (Å²) in [6.45, 7) is 0.634. The highest BCUT2D eigenvalue weighted by Crippen LogP contribution is 2.52. The normalized spacial score (nSPS) is 16.5. The summed E-state index contributed by atoms with van der Waals surface area (Å²) in [6.07, 6.45) is 6.41. The molecule has 24 heavy (non-hydrogen) atoms. The van der Waals surface area contributed by atoms with E-state index in [1.165, 1.54) is 14.2 Å². The summed E-state index contributed by atoms with van der Waals surface area (Å²) in [5.41, 5.74) is 2.26. The van der Waals surface area contributed by atoms with E-state index in [-0.39, 0.29) is 5.92 Å². The smallest absolute Gasteiger partial charge is 0.214 e. The fourth-order valence-electron chi connectivity index (χ4n) is 3.16. The lowest BCUT2D eigenvalue weighted by Gasteiger charge is -2.37. The van der Waals surface area contributed by atoms with Gasteiger partial charge in [-0.05, 0) is 18.9 Å². The van der Waals surface area contributed by atoms with Gasteiger partial charge < -0.3 is 19.7 Å². The Kier molecular flexibility index (Phi) is 6.68. The van der Waals surface area contributed by atoms with Gasteiger partial charge in [-0.25, -0.2) is 0 Å². The van der Waals surface area contributed by atoms with Crippen LogP contribution < -0.4 is 19.7 Å². The van der Waals surface area contributed by atoms with E-state index in [1.54, 1.807) is 28.4 Å². The van der Waals surface area contributed by atoms with Gasteiger partial charge in [-0.2, -0.15) is 23.5 Å². The standard InChI is InChI=1S/C16H22N2O4S2/c1-21-12-7-11-13(14(17-8-19)15(12)22-2)10(16(23-3)24-4)5-6-18(11)9-20/h7-10,16H,5-6H2,1-4H3,(H,17,19). The van der Waals surface area contributed by atoms with E-state index in [9.17, 15) is 9.59 Å². The second kappa shape index (κ2) is 8.53. The molecule has 0 radical (unpaired) electrons. The number of rotatable bonds is 8. The monoisotopic (exact) mass is 370 g/mol. The fourth-order valence-corrected chi connectivity index (χ4v) is 5.13. The molecule has 8 heteroatoms. The summed E-state index contributed by atoms with van der Waals surface area (Å²) in [5.74, 6) is 1.14. The first kappa shape index (κ1) is 18.8. The van der Waals surface area contributed by atoms with Crippen molar-refractivity contribution in [2.45, 2.75) is 16.9 Å². The Hall–Kier alpha value is -1.54. The number of ether oxygens (including phenoxy) is 2. The molecule has 0 bridgehead atoms. The molecule has 1 N–H and O–H groups in total. The Morgan fingerprint density at radius 1 is 1.29 bits per heavy atom. The van der Waals surface area contributed by atoms with Crippen LogP contribution in [0.15, 0.2) is 6.07 Å². The molecular weight excluding hydrogens is 348 g/mol. The third kappa shape index (κ3) is 3.30. The second-order valence-electron chi connectivity index (χ2n) is 5.22. The van der Waals surface area contributed by atoms with Gasteiger partial charge in [0, 0.05) is 24.1 Å². The summed E-state index contributed by atoms with van der Waals surface area (Å²) in [5, 5.41) is 2.76. The van der Waals surface area contributed by atoms with Crippen LogP contribution >= 0.6 is 23.5 Å². The number of benzene rings is 1. The minimum absolute atomic E-state index is 0.184. The van der Waals surface area contributed by atoms with Crippen LogP contribution in [0.2, 0.25) is 0 Å². The number of carbonyl (C=O) groups excluding carboxylic acids is 2. The highest BCUT2D eigenvalue weighted by atomic mass is 32.2. The zero-order valence-corrected chi connectivity index (χ0v) is 15.8. The first-order valence-electron chi connectivity index (χ1n) is 7.43. The molecule has 2 rings (SSSR count). The van der Waals surface area contributed by atoms with Crippen LogP contribution in [-0.2, 0) is 9.59 Å². The van der Waals surface area contributed by atoms with Gasteiger partial charge in [0.1, 0.15) is 0 Å². The SMILES string of the molecule is COc1cc2c(c(NC=O)c1OC)C(C(SC)SC)CCN2C=O. The number of fused-ring (bicyclic) bond motifs is 1. The van der Waals surface area contributed by atoms with Gasteiger partial charge in [-0.1, -0.05) is 0 Å². The Labute approximate surface area is 150 Å². The third-order valence-corrected chi connectivity index (χ3v) is 6.91. The van der Waals surface area contributed by atoms with Gasteiger partial charge in [0.15, 0.2) is 11.5 Å². The quantitative estimate of drug-likeness (QED) is 0.561. The van der Waals surface area contributed by atoms with E-state index in [0.29, 0.717) is 34.7 Å². The van der Waals surface area contributed by atoms with Gasteiger partial charge in [0.25, 0.3) is 0 Å². The summed E-state index contributed by atoms with van der Waals surface area (Å²) >= 11 is 3.53. The number of carbonyl (C=O) groups is 2. The van der Waals surface area contributed by atoms with E-state index in [4.69, 9.17) is 9.47 Å². The zero-order valence-electron chi connectivity index (χ0n) is 14.2. The topological polar surface area (TPSA) is 67.9 Å². The molecule has 1 atom stereocenters. The number of amides is 2. The first-order valence-corrected chi connectivity index (χ1v) is 10.0. The molecule has 6 nitrogen and oxygen atoms in total. The number of anilines is 2. The number of methoxy groups -OCH3 is 2. The third-order valence-electron chi connectivity index (χ3n) is 4.17. The van der Waals surface area contributed by atoms with E-state index >= 15 is 0 Å². The van der Waals surface area contributed by atoms with Crippen molar-refractivity contribution in [2.75, 3.05) is 43.5 Å². The summed E-state index contributed by atoms with van der Waals surface area (Å²) in [4.78, 5) is 24.4. The number of nitrogens with one attached hydrogen (secondary N) is 1. The predicted octanol–water partition coefficient (Wildman–Crippen LogP) is 2.77. The van der Waals surface area contributed by atoms with E-state index in [1.807, 2.05) is 6.07 Å². The van der Waals surface area contributed by atoms with Crippen molar-refractivity contribution in [1.29, 1.82) is 0 Å². The van der Waals surface area contributed by atoms with Crippen LogP contribution in [0.3, 0.4) is 0 Å². The average Bonchev–Trinajstić information content (AvgIpc) is 2.62. The number of thioether (sulfide) groups is 2. The van der Waals surface area contributed by atoms with Crippen LogP contribution in [0.1, 0.15) is 17.9 Å². The molecule has 1 aliphatic heterocycles. The fraction of sp³-hybridized carbons (Fsp3) is 0.500. The Bertz CT molecular complexity index is 608. The lowest BCUT2D eigenvalue weighted by Crippen LogP contribution is -2.33. The highest BCUT2D eigenvalue weighted by molar-refractivity contribution is 8.16. The van der Waals surface area contributed by atoms with Crippen LogP contribution in [0.4, 0.5) is 11.4 Å². The van der Waals surface area contributed by atoms with Gasteiger partial charge in [0.05, 0.1) is 30.2 Å². The van der Waals surface area contributed by atoms with Crippen LogP contribution in [0, 0.1) is 0 Å². The molecular formula is C16H22N2O4S2. The minimum Gasteiger partial charge on any atom is -0.493 e. The molecule has 0 spiro atoms. The van der Waals surface area contributed by atoms with Gasteiger partial charge >= 0.3 is 0 Å². The van der Waals surface area contributed by atoms with E-state index < -0.39 is 0 Å². The molecule has 0 aromatic heterocycles. The molecule has 0 saturated carbocycles. The average molecular weight is 370 g/mol. The lowest BCUT2D eigenvalue weighted by atomic mass is 9.89. The van der Waals surface area contributed by atoms with E-state index in [2.05, 4.69) is 17.8 Å². The molecule has 1 aromatic rings. The van der Waals surface area contributed by atoms with Gasteiger partial charge in [-0.15, -0.1) is 0 Å². The van der Waals surface area contributed by atoms with Crippen LogP contribution in [-0.4, -0.2) is 50.7 Å². The maximum absolute atomic E-state index is 11.5. The second-order valence-corrected chi connectivity index (χ2v) is 7.47. The molecule has 1 unspecified atom stereocenters. The zero-order chi connectivity index (χ0) is 17.7. The predicted molar refractivity (Wildman–Crippen MR) is 101 cm³/mol. The van der Waals surface area contributed by atoms with Crippen molar-refractivity contribution in [1.82, 2.24) is 0 Å². The molecule has 0 aliphatic carbocycles. The Morgan fingerprint density at radius 3 is 2.50 bits per heavy atom. The summed E-state index contributed by atoms with van der Waals surface area (Å²) in [6, 6.07) is 1.81. The molecule has 1 aliphatic rings. The van der Waals surface area contributed by atoms with Crippen molar-refractivity contribution in [3.63, 3.8) is 0 Å². The van der Waals surface area contributed by atoms with Gasteiger partial charge in [0.2, 0.25) is 12.8 Å². The lowest BCUT2D eigenvalue weighted by molar-refractivity contribution is -0.107.